The third-order valence-corrected chi connectivity index (χ3v) is 2.32. The second-order valence-corrected chi connectivity index (χ2v) is 3.01. The zero-order valence-corrected chi connectivity index (χ0v) is 8.24. The minimum atomic E-state index is -0.0819. The van der Waals surface area contributed by atoms with Crippen LogP contribution in [0.2, 0.25) is 0 Å². The third-order valence-electron chi connectivity index (χ3n) is 2.32. The molecule has 76 valence electrons. The number of likely N-dealkylation sites (tertiary alicyclic amines) is 1. The van der Waals surface area contributed by atoms with Crippen molar-refractivity contribution in [2.45, 2.75) is 12.2 Å². The van der Waals surface area contributed by atoms with Crippen LogP contribution in [0.3, 0.4) is 0 Å². The molecular weight excluding hydrogens is 172 g/mol. The van der Waals surface area contributed by atoms with Gasteiger partial charge in [-0.2, -0.15) is 0 Å². The van der Waals surface area contributed by atoms with Crippen LogP contribution in [-0.2, 0) is 9.47 Å². The third kappa shape index (κ3) is 2.10. The van der Waals surface area contributed by atoms with E-state index in [1.54, 1.807) is 26.2 Å². The van der Waals surface area contributed by atoms with Crippen molar-refractivity contribution in [1.82, 2.24) is 10.2 Å². The van der Waals surface area contributed by atoms with Crippen LogP contribution in [0.15, 0.2) is 0 Å². The summed E-state index contributed by atoms with van der Waals surface area (Å²) in [7, 11) is 4.87. The lowest BCUT2D eigenvalue weighted by Crippen LogP contribution is -2.37. The first-order valence-electron chi connectivity index (χ1n) is 4.25. The zero-order valence-electron chi connectivity index (χ0n) is 8.24. The molecule has 0 radical (unpaired) electrons. The van der Waals surface area contributed by atoms with Gasteiger partial charge in [0, 0.05) is 21.3 Å². The van der Waals surface area contributed by atoms with Crippen molar-refractivity contribution < 1.29 is 14.3 Å². The molecule has 0 saturated carbocycles. The molecule has 1 heterocycles. The van der Waals surface area contributed by atoms with Crippen LogP contribution in [0, 0.1) is 0 Å². The molecule has 0 bridgehead atoms. The minimum absolute atomic E-state index is 0.0118. The summed E-state index contributed by atoms with van der Waals surface area (Å²) in [5.74, 6) is 0. The predicted molar refractivity (Wildman–Crippen MR) is 47.6 cm³/mol. The average molecular weight is 188 g/mol. The fourth-order valence-corrected chi connectivity index (χ4v) is 1.52. The number of rotatable bonds is 2. The van der Waals surface area contributed by atoms with Gasteiger partial charge in [-0.25, -0.2) is 4.79 Å². The lowest BCUT2D eigenvalue weighted by Gasteiger charge is -2.14. The highest BCUT2D eigenvalue weighted by atomic mass is 16.5. The van der Waals surface area contributed by atoms with Crippen molar-refractivity contribution in [1.29, 1.82) is 0 Å². The number of methoxy groups -OCH3 is 2. The van der Waals surface area contributed by atoms with Gasteiger partial charge >= 0.3 is 6.03 Å². The normalized spacial score (nSPS) is 27.8. The molecule has 5 heteroatoms. The van der Waals surface area contributed by atoms with Gasteiger partial charge in [-0.05, 0) is 0 Å². The lowest BCUT2D eigenvalue weighted by molar-refractivity contribution is -0.00461. The Morgan fingerprint density at radius 1 is 1.31 bits per heavy atom. The molecule has 0 aliphatic carbocycles. The summed E-state index contributed by atoms with van der Waals surface area (Å²) in [5, 5.41) is 2.57. The average Bonchev–Trinajstić information content (AvgIpc) is 2.59. The summed E-state index contributed by atoms with van der Waals surface area (Å²) in [6.45, 7) is 1.18. The smallest absolute Gasteiger partial charge is 0.317 e. The van der Waals surface area contributed by atoms with Gasteiger partial charge in [0.25, 0.3) is 0 Å². The highest BCUT2D eigenvalue weighted by Crippen LogP contribution is 2.15. The first-order valence-corrected chi connectivity index (χ1v) is 4.25. The number of nitrogens with one attached hydrogen (secondary N) is 1. The Balaban J connectivity index is 2.52. The van der Waals surface area contributed by atoms with Gasteiger partial charge in [-0.3, -0.25) is 0 Å². The maximum Gasteiger partial charge on any atom is 0.317 e. The van der Waals surface area contributed by atoms with Crippen LogP contribution in [0.5, 0.6) is 0 Å². The SMILES string of the molecule is CNC(=O)N1CC(OC)C(OC)C1. The van der Waals surface area contributed by atoms with Crippen LogP contribution in [0.1, 0.15) is 0 Å². The molecule has 2 unspecified atom stereocenters. The summed E-state index contributed by atoms with van der Waals surface area (Å²) in [5.41, 5.74) is 0. The summed E-state index contributed by atoms with van der Waals surface area (Å²) in [6.07, 6.45) is -0.0235. The van der Waals surface area contributed by atoms with Crippen LogP contribution >= 0.6 is 0 Å². The Kier molecular flexibility index (Phi) is 3.50. The fourth-order valence-electron chi connectivity index (χ4n) is 1.52. The second kappa shape index (κ2) is 4.43. The molecule has 0 aromatic heterocycles. The Labute approximate surface area is 78.0 Å². The van der Waals surface area contributed by atoms with Gasteiger partial charge in [-0.15, -0.1) is 0 Å². The van der Waals surface area contributed by atoms with Crippen LogP contribution in [0.25, 0.3) is 0 Å². The number of nitrogens with zero attached hydrogens (tertiary/aromatic N) is 1. The second-order valence-electron chi connectivity index (χ2n) is 3.01. The first kappa shape index (κ1) is 10.3. The van der Waals surface area contributed by atoms with Gasteiger partial charge in [-0.1, -0.05) is 0 Å². The Morgan fingerprint density at radius 2 is 1.77 bits per heavy atom. The van der Waals surface area contributed by atoms with Gasteiger partial charge < -0.3 is 19.7 Å². The van der Waals surface area contributed by atoms with E-state index in [0.717, 1.165) is 0 Å². The van der Waals surface area contributed by atoms with E-state index >= 15 is 0 Å². The molecule has 0 aromatic rings. The number of carbonyl (C=O) groups excluding carboxylic acids is 1. The quantitative estimate of drug-likeness (QED) is 0.645. The summed E-state index contributed by atoms with van der Waals surface area (Å²) in [4.78, 5) is 12.9. The van der Waals surface area contributed by atoms with E-state index < -0.39 is 0 Å². The molecule has 1 rings (SSSR count). The highest BCUT2D eigenvalue weighted by Gasteiger charge is 2.34. The summed E-state index contributed by atoms with van der Waals surface area (Å²) in [6, 6.07) is -0.0819. The van der Waals surface area contributed by atoms with E-state index in [1.165, 1.54) is 0 Å². The lowest BCUT2D eigenvalue weighted by atomic mass is 10.3. The molecule has 0 spiro atoms. The van der Waals surface area contributed by atoms with Gasteiger partial charge in [0.15, 0.2) is 0 Å². The standard InChI is InChI=1S/C8H16N2O3/c1-9-8(11)10-4-6(12-2)7(5-10)13-3/h6-7H,4-5H2,1-3H3,(H,9,11). The van der Waals surface area contributed by atoms with E-state index in [2.05, 4.69) is 5.32 Å². The molecule has 2 amide bonds. The molecule has 0 aromatic carbocycles. The van der Waals surface area contributed by atoms with Gasteiger partial charge in [0.1, 0.15) is 12.2 Å². The number of ether oxygens (including phenoxy) is 2. The molecule has 1 aliphatic heterocycles. The van der Waals surface area contributed by atoms with E-state index in [4.69, 9.17) is 9.47 Å². The van der Waals surface area contributed by atoms with Crippen LogP contribution in [-0.4, -0.2) is 57.5 Å². The van der Waals surface area contributed by atoms with Crippen molar-refractivity contribution >= 4 is 6.03 Å². The van der Waals surface area contributed by atoms with Crippen molar-refractivity contribution in [2.24, 2.45) is 0 Å². The van der Waals surface area contributed by atoms with E-state index in [0.29, 0.717) is 13.1 Å². The largest absolute Gasteiger partial charge is 0.377 e. The van der Waals surface area contributed by atoms with Gasteiger partial charge in [0.05, 0.1) is 13.1 Å². The molecule has 1 fully saturated rings. The Bertz CT molecular complexity index is 174. The van der Waals surface area contributed by atoms with E-state index in [-0.39, 0.29) is 18.2 Å². The number of urea groups is 1. The maximum atomic E-state index is 11.2. The zero-order chi connectivity index (χ0) is 9.84. The van der Waals surface area contributed by atoms with Crippen molar-refractivity contribution in [3.05, 3.63) is 0 Å². The monoisotopic (exact) mass is 188 g/mol. The maximum absolute atomic E-state index is 11.2. The fraction of sp³-hybridized carbons (Fsp3) is 0.875. The highest BCUT2D eigenvalue weighted by molar-refractivity contribution is 5.74. The number of hydrogen-bond acceptors (Lipinski definition) is 3. The summed E-state index contributed by atoms with van der Waals surface area (Å²) >= 11 is 0. The molecule has 1 saturated heterocycles. The Morgan fingerprint density at radius 3 is 2.08 bits per heavy atom. The predicted octanol–water partition coefficient (Wildman–Crippen LogP) is -0.329. The van der Waals surface area contributed by atoms with Gasteiger partial charge in [0.2, 0.25) is 0 Å². The topological polar surface area (TPSA) is 50.8 Å². The molecule has 13 heavy (non-hydrogen) atoms. The van der Waals surface area contributed by atoms with E-state index in [1.807, 2.05) is 0 Å². The molecule has 1 N–H and O–H groups in total. The summed E-state index contributed by atoms with van der Waals surface area (Å²) < 4.78 is 10.4. The molecule has 2 atom stereocenters. The first-order chi connectivity index (χ1) is 6.22. The Hall–Kier alpha value is -0.810. The number of amides is 2. The number of carbonyl (C=O) groups is 1. The van der Waals surface area contributed by atoms with E-state index in [9.17, 15) is 4.79 Å². The van der Waals surface area contributed by atoms with Crippen LogP contribution < -0.4 is 5.32 Å². The van der Waals surface area contributed by atoms with Crippen molar-refractivity contribution in [3.63, 3.8) is 0 Å². The number of hydrogen-bond donors (Lipinski definition) is 1. The van der Waals surface area contributed by atoms with Crippen molar-refractivity contribution in [2.75, 3.05) is 34.4 Å². The molecule has 5 nitrogen and oxygen atoms in total. The minimum Gasteiger partial charge on any atom is -0.377 e. The van der Waals surface area contributed by atoms with Crippen molar-refractivity contribution in [3.8, 4) is 0 Å². The molecule has 1 aliphatic rings. The van der Waals surface area contributed by atoms with Crippen LogP contribution in [0.4, 0.5) is 4.79 Å². The molecular formula is C8H16N2O3.